The van der Waals surface area contributed by atoms with Crippen molar-refractivity contribution in [3.8, 4) is 0 Å². The van der Waals surface area contributed by atoms with Gasteiger partial charge in [0.25, 0.3) is 0 Å². The first-order valence-corrected chi connectivity index (χ1v) is 7.98. The summed E-state index contributed by atoms with van der Waals surface area (Å²) in [5, 5.41) is 3.46. The van der Waals surface area contributed by atoms with E-state index in [0.29, 0.717) is 0 Å². The number of amides is 2. The summed E-state index contributed by atoms with van der Waals surface area (Å²) in [6.07, 6.45) is 6.51. The Kier molecular flexibility index (Phi) is 4.20. The topological polar surface area (TPSA) is 49.4 Å². The number of carbonyl (C=O) groups excluding carboxylic acids is 2. The van der Waals surface area contributed by atoms with Crippen LogP contribution in [0.4, 0.5) is 0 Å². The van der Waals surface area contributed by atoms with E-state index in [1.54, 1.807) is 6.92 Å². The van der Waals surface area contributed by atoms with Crippen LogP contribution in [0.25, 0.3) is 0 Å². The molecule has 0 radical (unpaired) electrons. The van der Waals surface area contributed by atoms with Crippen LogP contribution in [0.15, 0.2) is 0 Å². The molecule has 0 spiro atoms. The fraction of sp³-hybridized carbons (Fsp3) is 0.846. The van der Waals surface area contributed by atoms with Crippen LogP contribution >= 0.6 is 11.8 Å². The van der Waals surface area contributed by atoms with Gasteiger partial charge in [0, 0.05) is 11.3 Å². The van der Waals surface area contributed by atoms with Gasteiger partial charge in [-0.05, 0) is 45.8 Å². The van der Waals surface area contributed by atoms with Gasteiger partial charge in [-0.1, -0.05) is 0 Å². The number of rotatable bonds is 2. The van der Waals surface area contributed by atoms with Gasteiger partial charge < -0.3 is 10.2 Å². The van der Waals surface area contributed by atoms with E-state index in [1.165, 1.54) is 0 Å². The second kappa shape index (κ2) is 5.51. The minimum atomic E-state index is -0.369. The maximum atomic E-state index is 12.2. The second-order valence-corrected chi connectivity index (χ2v) is 6.46. The van der Waals surface area contributed by atoms with Crippen molar-refractivity contribution in [3.05, 3.63) is 0 Å². The number of hydrogen-bond donors (Lipinski definition) is 1. The van der Waals surface area contributed by atoms with Crippen LogP contribution in [0, 0.1) is 0 Å². The lowest BCUT2D eigenvalue weighted by Gasteiger charge is -2.43. The quantitative estimate of drug-likeness (QED) is 0.825. The third-order valence-electron chi connectivity index (χ3n) is 4.15. The highest BCUT2D eigenvalue weighted by Gasteiger charge is 2.40. The molecular formula is C13H22N2O2S. The number of thioether (sulfide) groups is 1. The van der Waals surface area contributed by atoms with Crippen molar-refractivity contribution >= 4 is 23.6 Å². The van der Waals surface area contributed by atoms with Gasteiger partial charge in [0.1, 0.15) is 12.1 Å². The largest absolute Gasteiger partial charge is 0.343 e. The van der Waals surface area contributed by atoms with Crippen molar-refractivity contribution in [2.45, 2.75) is 62.9 Å². The van der Waals surface area contributed by atoms with Gasteiger partial charge in [0.15, 0.2) is 0 Å². The maximum Gasteiger partial charge on any atom is 0.245 e. The SMILES string of the molecule is CSC1CCC(N2C(=O)C(C)NC(=O)C2C)CC1. The lowest BCUT2D eigenvalue weighted by Crippen LogP contribution is -2.64. The van der Waals surface area contributed by atoms with Gasteiger partial charge in [0.05, 0.1) is 0 Å². The third kappa shape index (κ3) is 2.51. The van der Waals surface area contributed by atoms with Crippen molar-refractivity contribution in [3.63, 3.8) is 0 Å². The van der Waals surface area contributed by atoms with Crippen molar-refractivity contribution in [2.75, 3.05) is 6.26 Å². The predicted octanol–water partition coefficient (Wildman–Crippen LogP) is 1.40. The highest BCUT2D eigenvalue weighted by Crippen LogP contribution is 2.31. The lowest BCUT2D eigenvalue weighted by molar-refractivity contribution is -0.151. The zero-order valence-electron chi connectivity index (χ0n) is 11.3. The van der Waals surface area contributed by atoms with Gasteiger partial charge in [-0.25, -0.2) is 0 Å². The molecule has 1 aliphatic carbocycles. The summed E-state index contributed by atoms with van der Waals surface area (Å²) in [7, 11) is 0. The Bertz CT molecular complexity index is 340. The van der Waals surface area contributed by atoms with E-state index in [0.717, 1.165) is 30.9 Å². The highest BCUT2D eigenvalue weighted by molar-refractivity contribution is 7.99. The summed E-state index contributed by atoms with van der Waals surface area (Å²) in [5.41, 5.74) is 0. The predicted molar refractivity (Wildman–Crippen MR) is 73.5 cm³/mol. The van der Waals surface area contributed by atoms with Gasteiger partial charge in [0.2, 0.25) is 11.8 Å². The number of nitrogens with zero attached hydrogens (tertiary/aromatic N) is 1. The molecule has 102 valence electrons. The van der Waals surface area contributed by atoms with Crippen molar-refractivity contribution in [1.82, 2.24) is 10.2 Å². The first-order valence-electron chi connectivity index (χ1n) is 6.70. The molecular weight excluding hydrogens is 248 g/mol. The Balaban J connectivity index is 2.06. The highest BCUT2D eigenvalue weighted by atomic mass is 32.2. The van der Waals surface area contributed by atoms with Gasteiger partial charge in [-0.2, -0.15) is 11.8 Å². The molecule has 2 unspecified atom stereocenters. The van der Waals surface area contributed by atoms with Gasteiger partial charge >= 0.3 is 0 Å². The molecule has 4 nitrogen and oxygen atoms in total. The molecule has 18 heavy (non-hydrogen) atoms. The van der Waals surface area contributed by atoms with Crippen LogP contribution < -0.4 is 5.32 Å². The summed E-state index contributed by atoms with van der Waals surface area (Å²) in [6.45, 7) is 3.60. The average molecular weight is 270 g/mol. The number of carbonyl (C=O) groups is 2. The van der Waals surface area contributed by atoms with Crippen LogP contribution in [0.3, 0.4) is 0 Å². The molecule has 1 saturated heterocycles. The number of hydrogen-bond acceptors (Lipinski definition) is 3. The van der Waals surface area contributed by atoms with Crippen LogP contribution in [-0.2, 0) is 9.59 Å². The number of piperazine rings is 1. The normalized spacial score (nSPS) is 37.6. The zero-order valence-corrected chi connectivity index (χ0v) is 12.1. The molecule has 5 heteroatoms. The van der Waals surface area contributed by atoms with Gasteiger partial charge in [-0.3, -0.25) is 9.59 Å². The van der Waals surface area contributed by atoms with Crippen LogP contribution in [0.2, 0.25) is 0 Å². The fourth-order valence-corrected chi connectivity index (χ4v) is 3.74. The Morgan fingerprint density at radius 2 is 1.78 bits per heavy atom. The molecule has 0 aromatic carbocycles. The second-order valence-electron chi connectivity index (χ2n) is 5.32. The maximum absolute atomic E-state index is 12.2. The molecule has 1 heterocycles. The van der Waals surface area contributed by atoms with E-state index >= 15 is 0 Å². The van der Waals surface area contributed by atoms with E-state index < -0.39 is 0 Å². The molecule has 2 atom stereocenters. The Labute approximate surface area is 113 Å². The zero-order chi connectivity index (χ0) is 13.3. The smallest absolute Gasteiger partial charge is 0.245 e. The summed E-state index contributed by atoms with van der Waals surface area (Å²) in [5.74, 6) is 0.0591. The molecule has 0 bridgehead atoms. The van der Waals surface area contributed by atoms with Crippen molar-refractivity contribution in [1.29, 1.82) is 0 Å². The molecule has 1 saturated carbocycles. The van der Waals surface area contributed by atoms with E-state index in [2.05, 4.69) is 11.6 Å². The van der Waals surface area contributed by atoms with E-state index in [4.69, 9.17) is 0 Å². The molecule has 1 aliphatic heterocycles. The number of nitrogens with one attached hydrogen (secondary N) is 1. The molecule has 0 aromatic heterocycles. The van der Waals surface area contributed by atoms with E-state index in [9.17, 15) is 9.59 Å². The molecule has 1 N–H and O–H groups in total. The molecule has 2 amide bonds. The first kappa shape index (κ1) is 13.7. The van der Waals surface area contributed by atoms with Crippen LogP contribution in [0.5, 0.6) is 0 Å². The minimum absolute atomic E-state index is 0.0194. The minimum Gasteiger partial charge on any atom is -0.343 e. The summed E-state index contributed by atoms with van der Waals surface area (Å²) >= 11 is 1.91. The standard InChI is InChI=1S/C13H22N2O2S/c1-8-13(17)15(9(2)12(16)14-8)10-4-6-11(18-3)7-5-10/h8-11H,4-7H2,1-3H3,(H,14,16). The molecule has 0 aromatic rings. The molecule has 2 fully saturated rings. The van der Waals surface area contributed by atoms with Gasteiger partial charge in [-0.15, -0.1) is 0 Å². The van der Waals surface area contributed by atoms with E-state index in [-0.39, 0.29) is 29.9 Å². The monoisotopic (exact) mass is 270 g/mol. The first-order chi connectivity index (χ1) is 8.54. The van der Waals surface area contributed by atoms with Crippen LogP contribution in [-0.4, -0.2) is 46.3 Å². The summed E-state index contributed by atoms with van der Waals surface area (Å²) in [6, 6.07) is -0.430. The summed E-state index contributed by atoms with van der Waals surface area (Å²) < 4.78 is 0. The van der Waals surface area contributed by atoms with E-state index in [1.807, 2.05) is 23.6 Å². The average Bonchev–Trinajstić information content (AvgIpc) is 2.37. The van der Waals surface area contributed by atoms with Crippen LogP contribution in [0.1, 0.15) is 39.5 Å². The molecule has 2 aliphatic rings. The fourth-order valence-electron chi connectivity index (χ4n) is 2.99. The van der Waals surface area contributed by atoms with Crippen molar-refractivity contribution < 1.29 is 9.59 Å². The lowest BCUT2D eigenvalue weighted by atomic mass is 9.91. The molecule has 2 rings (SSSR count). The van der Waals surface area contributed by atoms with Crippen molar-refractivity contribution in [2.24, 2.45) is 0 Å². The Hall–Kier alpha value is -0.710. The Morgan fingerprint density at radius 3 is 2.33 bits per heavy atom. The third-order valence-corrected chi connectivity index (χ3v) is 5.29. The Morgan fingerprint density at radius 1 is 1.17 bits per heavy atom. The summed E-state index contributed by atoms with van der Waals surface area (Å²) in [4.78, 5) is 25.9.